The van der Waals surface area contributed by atoms with Gasteiger partial charge in [0.2, 0.25) is 5.69 Å². The van der Waals surface area contributed by atoms with Crippen molar-refractivity contribution >= 4 is 34.9 Å². The van der Waals surface area contributed by atoms with Gasteiger partial charge in [0, 0.05) is 30.6 Å². The van der Waals surface area contributed by atoms with Gasteiger partial charge in [-0.25, -0.2) is 4.79 Å². The minimum absolute atomic E-state index is 0. The summed E-state index contributed by atoms with van der Waals surface area (Å²) in [7, 11) is 0. The Kier molecular flexibility index (Phi) is 9.57. The molecule has 2 aromatic heterocycles. The molecule has 0 fully saturated rings. The number of esters is 1. The highest BCUT2D eigenvalue weighted by molar-refractivity contribution is 5.99. The van der Waals surface area contributed by atoms with Gasteiger partial charge in [-0.15, -0.1) is 12.4 Å². The van der Waals surface area contributed by atoms with E-state index in [0.29, 0.717) is 18.3 Å². The van der Waals surface area contributed by atoms with Gasteiger partial charge < -0.3 is 15.2 Å². The fraction of sp³-hybridized carbons (Fsp3) is 0.583. The molecule has 1 unspecified atom stereocenters. The minimum atomic E-state index is -0.258. The predicted octanol–water partition coefficient (Wildman–Crippen LogP) is 5.42. The quantitative estimate of drug-likeness (QED) is 0.340. The number of hydrogen-bond acceptors (Lipinski definition) is 2. The van der Waals surface area contributed by atoms with Crippen molar-refractivity contribution in [3.05, 3.63) is 34.3 Å². The highest BCUT2D eigenvalue weighted by atomic mass is 35.5. The number of ether oxygens (including phenoxy) is 1. The zero-order chi connectivity index (χ0) is 20.4. The first kappa shape index (κ1) is 26.2. The highest BCUT2D eigenvalue weighted by Gasteiger charge is 2.36. The van der Waals surface area contributed by atoms with Crippen LogP contribution in [-0.4, -0.2) is 23.0 Å². The Balaban J connectivity index is 0.00000225. The van der Waals surface area contributed by atoms with Gasteiger partial charge in [-0.1, -0.05) is 32.6 Å². The Morgan fingerprint density at radius 2 is 1.80 bits per heavy atom. The fourth-order valence-electron chi connectivity index (χ4n) is 4.56. The lowest BCUT2D eigenvalue weighted by Gasteiger charge is -2.11. The van der Waals surface area contributed by atoms with E-state index in [-0.39, 0.29) is 23.9 Å². The number of unbranched alkanes of at least 4 members (excludes halogenated alkanes) is 4. The number of pyridine rings is 1. The van der Waals surface area contributed by atoms with Crippen molar-refractivity contribution in [1.29, 1.82) is 0 Å². The van der Waals surface area contributed by atoms with Crippen LogP contribution in [0.4, 0.5) is 0 Å². The van der Waals surface area contributed by atoms with E-state index >= 15 is 0 Å². The molecular weight excluding hydrogens is 400 g/mol. The lowest BCUT2D eigenvalue weighted by molar-refractivity contribution is -0.713. The van der Waals surface area contributed by atoms with E-state index in [1.54, 1.807) is 0 Å². The molecule has 0 bridgehead atoms. The first-order valence-corrected chi connectivity index (χ1v) is 10.9. The van der Waals surface area contributed by atoms with Crippen LogP contribution < -0.4 is 4.57 Å². The number of halogens is 1. The van der Waals surface area contributed by atoms with E-state index < -0.39 is 0 Å². The normalized spacial score (nSPS) is 15.1. The van der Waals surface area contributed by atoms with Crippen LogP contribution in [0.3, 0.4) is 0 Å². The minimum Gasteiger partial charge on any atom is -0.461 e. The number of H-pyrrole nitrogens is 1. The van der Waals surface area contributed by atoms with Crippen molar-refractivity contribution in [2.75, 3.05) is 6.61 Å². The molecule has 0 radical (unpaired) electrons. The van der Waals surface area contributed by atoms with Gasteiger partial charge in [-0.3, -0.25) is 0 Å². The van der Waals surface area contributed by atoms with Gasteiger partial charge in [-0.2, -0.15) is 4.57 Å². The number of carbonyl (C=O) groups is 1. The maximum absolute atomic E-state index is 12.4. The summed E-state index contributed by atoms with van der Waals surface area (Å²) in [6.45, 7) is 13.3. The molecule has 6 heteroatoms. The molecule has 2 aromatic rings. The summed E-state index contributed by atoms with van der Waals surface area (Å²) in [6, 6.07) is 2.58. The van der Waals surface area contributed by atoms with Gasteiger partial charge in [0.15, 0.2) is 11.7 Å². The van der Waals surface area contributed by atoms with Crippen molar-refractivity contribution in [3.63, 3.8) is 0 Å². The Labute approximate surface area is 186 Å². The molecule has 0 aromatic carbocycles. The zero-order valence-electron chi connectivity index (χ0n) is 19.3. The average molecular weight is 438 g/mol. The van der Waals surface area contributed by atoms with Gasteiger partial charge in [0.05, 0.1) is 17.5 Å². The van der Waals surface area contributed by atoms with Crippen molar-refractivity contribution in [1.82, 2.24) is 4.98 Å². The molecule has 3 rings (SSSR count). The number of rotatable bonds is 8. The fourth-order valence-corrected chi connectivity index (χ4v) is 4.56. The van der Waals surface area contributed by atoms with Crippen LogP contribution in [-0.2, 0) is 11.2 Å². The molecular formula is C24H38ClN2O3+. The van der Waals surface area contributed by atoms with Crippen molar-refractivity contribution < 1.29 is 19.6 Å². The van der Waals surface area contributed by atoms with Crippen molar-refractivity contribution in [2.45, 2.75) is 86.1 Å². The SMILES string of the molecule is CCCCCCCc1c2c(C)c(C(=O)OCC)[nH]c2cc2[n+]1C(C)C(C)=C2C.Cl.O. The van der Waals surface area contributed by atoms with E-state index in [9.17, 15) is 4.79 Å². The van der Waals surface area contributed by atoms with E-state index in [0.717, 1.165) is 17.5 Å². The number of allylic oxidation sites excluding steroid dienone is 2. The number of carbonyl (C=O) groups excluding carboxylic acids is 1. The third kappa shape index (κ3) is 4.57. The summed E-state index contributed by atoms with van der Waals surface area (Å²) in [5, 5.41) is 1.21. The number of hydrogen-bond donors (Lipinski definition) is 1. The smallest absolute Gasteiger partial charge is 0.355 e. The van der Waals surface area contributed by atoms with Crippen LogP contribution in [0.25, 0.3) is 16.5 Å². The predicted molar refractivity (Wildman–Crippen MR) is 125 cm³/mol. The Morgan fingerprint density at radius 1 is 1.13 bits per heavy atom. The molecule has 1 atom stereocenters. The number of nitrogens with one attached hydrogen (secondary N) is 1. The van der Waals surface area contributed by atoms with Crippen LogP contribution in [0.5, 0.6) is 0 Å². The Morgan fingerprint density at radius 3 is 2.43 bits per heavy atom. The Hall–Kier alpha value is -1.85. The molecule has 1 aliphatic heterocycles. The lowest BCUT2D eigenvalue weighted by Crippen LogP contribution is -2.42. The van der Waals surface area contributed by atoms with Crippen LogP contribution in [0.15, 0.2) is 11.6 Å². The topological polar surface area (TPSA) is 77.5 Å². The summed E-state index contributed by atoms with van der Waals surface area (Å²) < 4.78 is 7.78. The molecule has 5 nitrogen and oxygen atoms in total. The number of aryl methyl sites for hydroxylation is 2. The van der Waals surface area contributed by atoms with Crippen LogP contribution in [0.1, 0.15) is 100 Å². The highest BCUT2D eigenvalue weighted by Crippen LogP contribution is 2.35. The molecule has 3 heterocycles. The molecule has 3 N–H and O–H groups in total. The number of aromatic amines is 1. The van der Waals surface area contributed by atoms with Gasteiger partial charge in [0.1, 0.15) is 5.69 Å². The summed E-state index contributed by atoms with van der Waals surface area (Å²) >= 11 is 0. The van der Waals surface area contributed by atoms with Gasteiger partial charge in [-0.05, 0) is 39.7 Å². The summed E-state index contributed by atoms with van der Waals surface area (Å²) in [5.74, 6) is -0.258. The largest absolute Gasteiger partial charge is 0.461 e. The standard InChI is InChI=1S/C24H34N2O2.ClH.H2O/c1-7-9-10-11-12-13-20-22-17(5)23(24(27)28-8-2)25-19(22)14-21-16(4)15(3)18(6)26(20)21;;/h14,18H,7-13H2,1-6H3;1H;1H2/p+1. The summed E-state index contributed by atoms with van der Waals surface area (Å²) in [5.41, 5.74) is 8.09. The molecule has 168 valence electrons. The third-order valence-electron chi connectivity index (χ3n) is 6.39. The van der Waals surface area contributed by atoms with Crippen molar-refractivity contribution in [3.8, 4) is 0 Å². The van der Waals surface area contributed by atoms with E-state index in [1.165, 1.54) is 60.0 Å². The maximum atomic E-state index is 12.4. The number of fused-ring (bicyclic) bond motifs is 2. The molecule has 30 heavy (non-hydrogen) atoms. The first-order chi connectivity index (χ1) is 13.4. The molecule has 0 saturated carbocycles. The van der Waals surface area contributed by atoms with E-state index in [4.69, 9.17) is 4.74 Å². The molecule has 0 spiro atoms. The summed E-state index contributed by atoms with van der Waals surface area (Å²) in [4.78, 5) is 15.8. The second-order valence-electron chi connectivity index (χ2n) is 8.13. The third-order valence-corrected chi connectivity index (χ3v) is 6.39. The zero-order valence-corrected chi connectivity index (χ0v) is 20.1. The van der Waals surface area contributed by atoms with Crippen LogP contribution in [0, 0.1) is 6.92 Å². The maximum Gasteiger partial charge on any atom is 0.355 e. The average Bonchev–Trinajstić information content (AvgIpc) is 3.11. The van der Waals surface area contributed by atoms with Crippen LogP contribution in [0.2, 0.25) is 0 Å². The second kappa shape index (κ2) is 11.0. The van der Waals surface area contributed by atoms with Crippen LogP contribution >= 0.6 is 12.4 Å². The number of aromatic nitrogens is 2. The molecule has 0 aliphatic carbocycles. The first-order valence-electron chi connectivity index (χ1n) is 10.9. The Bertz CT molecular complexity index is 930. The van der Waals surface area contributed by atoms with E-state index in [2.05, 4.69) is 43.3 Å². The molecule has 1 aliphatic rings. The summed E-state index contributed by atoms with van der Waals surface area (Å²) in [6.07, 6.45) is 7.35. The molecule has 0 saturated heterocycles. The lowest BCUT2D eigenvalue weighted by atomic mass is 10.0. The van der Waals surface area contributed by atoms with Gasteiger partial charge >= 0.3 is 5.97 Å². The number of nitrogens with zero attached hydrogens (tertiary/aromatic N) is 1. The monoisotopic (exact) mass is 437 g/mol. The molecule has 0 amide bonds. The van der Waals surface area contributed by atoms with E-state index in [1.807, 2.05) is 13.8 Å². The van der Waals surface area contributed by atoms with Crippen molar-refractivity contribution in [2.24, 2.45) is 0 Å². The van der Waals surface area contributed by atoms with Gasteiger partial charge in [0.25, 0.3) is 0 Å². The second-order valence-corrected chi connectivity index (χ2v) is 8.13.